The molecular weight excluding hydrogens is 278 g/mol. The van der Waals surface area contributed by atoms with Gasteiger partial charge in [0.15, 0.2) is 0 Å². The lowest BCUT2D eigenvalue weighted by molar-refractivity contribution is 0.414. The highest BCUT2D eigenvalue weighted by molar-refractivity contribution is 9.10. The lowest BCUT2D eigenvalue weighted by atomic mass is 10.0. The number of phenols is 1. The van der Waals surface area contributed by atoms with Gasteiger partial charge in [0.1, 0.15) is 5.75 Å². The summed E-state index contributed by atoms with van der Waals surface area (Å²) in [5.74, 6) is 0.361. The molecule has 1 aliphatic rings. The summed E-state index contributed by atoms with van der Waals surface area (Å²) in [6.07, 6.45) is 5.31. The van der Waals surface area contributed by atoms with Gasteiger partial charge in [0.25, 0.3) is 0 Å². The summed E-state index contributed by atoms with van der Waals surface area (Å²) in [6, 6.07) is 5.78. The Morgan fingerprint density at radius 3 is 2.82 bits per heavy atom. The van der Waals surface area contributed by atoms with E-state index < -0.39 is 0 Å². The molecule has 1 fully saturated rings. The number of para-hydroxylation sites is 1. The molecule has 0 unspecified atom stereocenters. The third kappa shape index (κ3) is 3.23. The van der Waals surface area contributed by atoms with Crippen LogP contribution in [0, 0.1) is 5.41 Å². The minimum Gasteiger partial charge on any atom is -0.506 e. The third-order valence-electron chi connectivity index (χ3n) is 3.62. The van der Waals surface area contributed by atoms with Crippen LogP contribution in [0.3, 0.4) is 0 Å². The summed E-state index contributed by atoms with van der Waals surface area (Å²) in [6.45, 7) is 4.07. The average Bonchev–Trinajstić information content (AvgIpc) is 3.05. The van der Waals surface area contributed by atoms with E-state index in [1.807, 2.05) is 18.2 Å². The smallest absolute Gasteiger partial charge is 0.134 e. The predicted octanol–water partition coefficient (Wildman–Crippen LogP) is 3.82. The van der Waals surface area contributed by atoms with Crippen LogP contribution in [0.2, 0.25) is 0 Å². The first-order valence-corrected chi connectivity index (χ1v) is 7.13. The van der Waals surface area contributed by atoms with Crippen LogP contribution in [0.1, 0.15) is 38.2 Å². The molecule has 0 aromatic heterocycles. The van der Waals surface area contributed by atoms with Gasteiger partial charge in [-0.1, -0.05) is 25.5 Å². The van der Waals surface area contributed by atoms with E-state index in [1.54, 1.807) is 0 Å². The summed E-state index contributed by atoms with van der Waals surface area (Å²) in [5.41, 5.74) is 1.53. The van der Waals surface area contributed by atoms with E-state index in [2.05, 4.69) is 28.2 Å². The second-order valence-corrected chi connectivity index (χ2v) is 5.96. The van der Waals surface area contributed by atoms with Crippen molar-refractivity contribution < 1.29 is 5.11 Å². The van der Waals surface area contributed by atoms with Crippen LogP contribution in [0.5, 0.6) is 5.75 Å². The highest BCUT2D eigenvalue weighted by atomic mass is 79.9. The molecule has 0 aliphatic heterocycles. The largest absolute Gasteiger partial charge is 0.506 e. The van der Waals surface area contributed by atoms with Crippen molar-refractivity contribution in [3.8, 4) is 5.75 Å². The first-order valence-electron chi connectivity index (χ1n) is 6.34. The van der Waals surface area contributed by atoms with Gasteiger partial charge in [-0.3, -0.25) is 0 Å². The van der Waals surface area contributed by atoms with E-state index in [4.69, 9.17) is 0 Å². The standard InChI is InChI=1S/C14H20BrNO/c1-2-6-14(7-8-14)10-16-9-11-4-3-5-12(15)13(11)17/h3-5,16-17H,2,6-10H2,1H3. The molecule has 3 heteroatoms. The van der Waals surface area contributed by atoms with Crippen LogP contribution >= 0.6 is 15.9 Å². The average molecular weight is 298 g/mol. The Morgan fingerprint density at radius 1 is 1.41 bits per heavy atom. The molecule has 0 radical (unpaired) electrons. The molecule has 2 N–H and O–H groups in total. The zero-order valence-corrected chi connectivity index (χ0v) is 11.9. The van der Waals surface area contributed by atoms with Gasteiger partial charge in [-0.05, 0) is 46.7 Å². The molecular formula is C14H20BrNO. The Hall–Kier alpha value is -0.540. The number of benzene rings is 1. The molecule has 2 rings (SSSR count). The number of nitrogens with one attached hydrogen (secondary N) is 1. The van der Waals surface area contributed by atoms with Gasteiger partial charge in [-0.2, -0.15) is 0 Å². The van der Waals surface area contributed by atoms with Crippen molar-refractivity contribution in [2.75, 3.05) is 6.54 Å². The molecule has 0 amide bonds. The quantitative estimate of drug-likeness (QED) is 0.836. The highest BCUT2D eigenvalue weighted by Crippen LogP contribution is 2.49. The van der Waals surface area contributed by atoms with Gasteiger partial charge < -0.3 is 10.4 Å². The van der Waals surface area contributed by atoms with Crippen molar-refractivity contribution in [2.24, 2.45) is 5.41 Å². The summed E-state index contributed by atoms with van der Waals surface area (Å²) < 4.78 is 0.770. The molecule has 1 saturated carbocycles. The molecule has 17 heavy (non-hydrogen) atoms. The maximum absolute atomic E-state index is 9.86. The summed E-state index contributed by atoms with van der Waals surface area (Å²) in [7, 11) is 0. The van der Waals surface area contributed by atoms with Gasteiger partial charge in [0, 0.05) is 18.7 Å². The number of phenolic OH excluding ortho intramolecular Hbond substituents is 1. The lowest BCUT2D eigenvalue weighted by Crippen LogP contribution is -2.23. The predicted molar refractivity (Wildman–Crippen MR) is 74.1 cm³/mol. The van der Waals surface area contributed by atoms with E-state index in [-0.39, 0.29) is 0 Å². The fourth-order valence-electron chi connectivity index (χ4n) is 2.39. The highest BCUT2D eigenvalue weighted by Gasteiger charge is 2.40. The third-order valence-corrected chi connectivity index (χ3v) is 4.26. The van der Waals surface area contributed by atoms with Crippen molar-refractivity contribution in [2.45, 2.75) is 39.2 Å². The number of rotatable bonds is 6. The minimum atomic E-state index is 0.361. The van der Waals surface area contributed by atoms with Crippen molar-refractivity contribution >= 4 is 15.9 Å². The van der Waals surface area contributed by atoms with E-state index in [0.29, 0.717) is 11.2 Å². The zero-order valence-electron chi connectivity index (χ0n) is 10.3. The molecule has 0 bridgehead atoms. The van der Waals surface area contributed by atoms with Gasteiger partial charge in [-0.15, -0.1) is 0 Å². The zero-order chi connectivity index (χ0) is 12.3. The molecule has 0 saturated heterocycles. The Bertz CT molecular complexity index is 388. The van der Waals surface area contributed by atoms with Crippen LogP contribution in [-0.4, -0.2) is 11.7 Å². The van der Waals surface area contributed by atoms with E-state index in [9.17, 15) is 5.11 Å². The van der Waals surface area contributed by atoms with Crippen LogP contribution in [0.15, 0.2) is 22.7 Å². The normalized spacial score (nSPS) is 17.1. The van der Waals surface area contributed by atoms with Gasteiger partial charge in [0.05, 0.1) is 4.47 Å². The maximum Gasteiger partial charge on any atom is 0.134 e. The number of hydrogen-bond donors (Lipinski definition) is 2. The molecule has 94 valence electrons. The maximum atomic E-state index is 9.86. The Morgan fingerprint density at radius 2 is 2.18 bits per heavy atom. The Balaban J connectivity index is 1.84. The minimum absolute atomic E-state index is 0.361. The van der Waals surface area contributed by atoms with E-state index in [0.717, 1.165) is 23.1 Å². The van der Waals surface area contributed by atoms with Crippen LogP contribution in [0.25, 0.3) is 0 Å². The summed E-state index contributed by atoms with van der Waals surface area (Å²) >= 11 is 3.34. The molecule has 1 aliphatic carbocycles. The second-order valence-electron chi connectivity index (χ2n) is 5.10. The lowest BCUT2D eigenvalue weighted by Gasteiger charge is -2.15. The van der Waals surface area contributed by atoms with Crippen molar-refractivity contribution in [1.82, 2.24) is 5.32 Å². The van der Waals surface area contributed by atoms with Crippen molar-refractivity contribution in [3.05, 3.63) is 28.2 Å². The van der Waals surface area contributed by atoms with Crippen molar-refractivity contribution in [1.29, 1.82) is 0 Å². The Labute approximate surface area is 112 Å². The van der Waals surface area contributed by atoms with E-state index in [1.165, 1.54) is 25.7 Å². The molecule has 1 aromatic carbocycles. The van der Waals surface area contributed by atoms with Crippen LogP contribution in [-0.2, 0) is 6.54 Å². The number of halogens is 1. The van der Waals surface area contributed by atoms with Crippen LogP contribution < -0.4 is 5.32 Å². The first-order chi connectivity index (χ1) is 8.17. The van der Waals surface area contributed by atoms with Gasteiger partial charge in [0.2, 0.25) is 0 Å². The fraction of sp³-hybridized carbons (Fsp3) is 0.571. The monoisotopic (exact) mass is 297 g/mol. The molecule has 0 spiro atoms. The van der Waals surface area contributed by atoms with Gasteiger partial charge >= 0.3 is 0 Å². The second kappa shape index (κ2) is 5.40. The fourth-order valence-corrected chi connectivity index (χ4v) is 2.79. The SMILES string of the molecule is CCCC1(CNCc2cccc(Br)c2O)CC1. The topological polar surface area (TPSA) is 32.3 Å². The Kier molecular flexibility index (Phi) is 4.10. The first kappa shape index (κ1) is 12.9. The molecule has 0 heterocycles. The molecule has 2 nitrogen and oxygen atoms in total. The van der Waals surface area contributed by atoms with Crippen molar-refractivity contribution in [3.63, 3.8) is 0 Å². The number of hydrogen-bond acceptors (Lipinski definition) is 2. The van der Waals surface area contributed by atoms with Crippen LogP contribution in [0.4, 0.5) is 0 Å². The van der Waals surface area contributed by atoms with Gasteiger partial charge in [-0.25, -0.2) is 0 Å². The summed E-state index contributed by atoms with van der Waals surface area (Å²) in [4.78, 5) is 0. The molecule has 1 aromatic rings. The van der Waals surface area contributed by atoms with E-state index >= 15 is 0 Å². The number of aromatic hydroxyl groups is 1. The molecule has 0 atom stereocenters. The summed E-state index contributed by atoms with van der Waals surface area (Å²) in [5, 5.41) is 13.3.